The predicted molar refractivity (Wildman–Crippen MR) is 113 cm³/mol. The highest BCUT2D eigenvalue weighted by Gasteiger charge is 2.35. The van der Waals surface area contributed by atoms with Crippen LogP contribution in [-0.2, 0) is 16.2 Å². The van der Waals surface area contributed by atoms with E-state index in [9.17, 15) is 21.6 Å². The molecule has 0 atom stereocenters. The number of aromatic nitrogens is 2. The Morgan fingerprint density at radius 1 is 0.968 bits per heavy atom. The van der Waals surface area contributed by atoms with E-state index in [0.717, 1.165) is 26.8 Å². The number of nitrogens with zero attached hydrogens (tertiary/aromatic N) is 2. The van der Waals surface area contributed by atoms with Gasteiger partial charge < -0.3 is 0 Å². The van der Waals surface area contributed by atoms with Gasteiger partial charge in [-0.1, -0.05) is 24.3 Å². The Morgan fingerprint density at radius 3 is 2.10 bits per heavy atom. The molecule has 5 nitrogen and oxygen atoms in total. The van der Waals surface area contributed by atoms with Crippen molar-refractivity contribution in [3.63, 3.8) is 0 Å². The Balaban J connectivity index is 1.80. The first-order valence-corrected chi connectivity index (χ1v) is 11.4. The molecular formula is C21H16F3N3O2S2. The Labute approximate surface area is 180 Å². The molecule has 4 rings (SSSR count). The molecule has 0 aliphatic rings. The number of sulfonamides is 1. The van der Waals surface area contributed by atoms with Gasteiger partial charge in [-0.2, -0.15) is 18.3 Å². The Hall–Kier alpha value is -2.95. The molecular weight excluding hydrogens is 447 g/mol. The molecule has 0 radical (unpaired) electrons. The fourth-order valence-corrected chi connectivity index (χ4v) is 4.61. The minimum Gasteiger partial charge on any atom is -0.233 e. The number of primary sulfonamides is 1. The molecule has 10 heteroatoms. The van der Waals surface area contributed by atoms with E-state index in [4.69, 9.17) is 5.14 Å². The molecule has 2 N–H and O–H groups in total. The van der Waals surface area contributed by atoms with Crippen LogP contribution in [0.25, 0.3) is 27.4 Å². The minimum atomic E-state index is -4.63. The Morgan fingerprint density at radius 2 is 1.58 bits per heavy atom. The maximum Gasteiger partial charge on any atom is 0.435 e. The molecule has 2 heterocycles. The summed E-state index contributed by atoms with van der Waals surface area (Å²) in [6, 6.07) is 15.3. The van der Waals surface area contributed by atoms with Crippen LogP contribution in [0.4, 0.5) is 13.2 Å². The molecule has 4 aromatic rings. The highest BCUT2D eigenvalue weighted by atomic mass is 32.2. The number of halogens is 3. The van der Waals surface area contributed by atoms with Gasteiger partial charge in [-0.25, -0.2) is 18.2 Å². The summed E-state index contributed by atoms with van der Waals surface area (Å²) in [7, 11) is -3.92. The van der Waals surface area contributed by atoms with Gasteiger partial charge in [0.05, 0.1) is 16.3 Å². The first-order valence-electron chi connectivity index (χ1n) is 8.99. The van der Waals surface area contributed by atoms with Gasteiger partial charge in [0, 0.05) is 10.4 Å². The predicted octanol–water partition coefficient (Wildman–Crippen LogP) is 5.24. The number of nitrogens with two attached hydrogens (primary N) is 1. The van der Waals surface area contributed by atoms with E-state index in [1.165, 1.54) is 24.3 Å². The van der Waals surface area contributed by atoms with Crippen LogP contribution in [0.15, 0.2) is 70.9 Å². The lowest BCUT2D eigenvalue weighted by Gasteiger charge is -2.09. The number of thiophene rings is 1. The van der Waals surface area contributed by atoms with E-state index in [1.54, 1.807) is 23.5 Å². The molecule has 0 aliphatic heterocycles. The van der Waals surface area contributed by atoms with E-state index in [0.29, 0.717) is 5.56 Å². The van der Waals surface area contributed by atoms with Gasteiger partial charge in [0.1, 0.15) is 0 Å². The second kappa shape index (κ2) is 7.63. The van der Waals surface area contributed by atoms with Crippen molar-refractivity contribution in [1.29, 1.82) is 0 Å². The molecule has 0 fully saturated rings. The highest BCUT2D eigenvalue weighted by Crippen LogP contribution is 2.35. The summed E-state index contributed by atoms with van der Waals surface area (Å²) in [6.45, 7) is 2.00. The molecule has 0 unspecified atom stereocenters. The van der Waals surface area contributed by atoms with Crippen molar-refractivity contribution in [3.05, 3.63) is 77.3 Å². The smallest absolute Gasteiger partial charge is 0.233 e. The zero-order chi connectivity index (χ0) is 22.4. The Bertz CT molecular complexity index is 1340. The number of hydrogen-bond acceptors (Lipinski definition) is 4. The maximum atomic E-state index is 13.4. The third-order valence-electron chi connectivity index (χ3n) is 4.71. The summed E-state index contributed by atoms with van der Waals surface area (Å²) in [5.41, 5.74) is 2.09. The van der Waals surface area contributed by atoms with Gasteiger partial charge in [-0.3, -0.25) is 0 Å². The molecule has 0 spiro atoms. The normalized spacial score (nSPS) is 12.3. The lowest BCUT2D eigenvalue weighted by Crippen LogP contribution is -2.12. The average Bonchev–Trinajstić information content (AvgIpc) is 3.34. The fraction of sp³-hybridized carbons (Fsp3) is 0.0952. The molecule has 0 aliphatic carbocycles. The van der Waals surface area contributed by atoms with E-state index in [-0.39, 0.29) is 16.3 Å². The first kappa shape index (κ1) is 21.3. The van der Waals surface area contributed by atoms with Gasteiger partial charge in [-0.15, -0.1) is 11.3 Å². The van der Waals surface area contributed by atoms with Crippen LogP contribution in [0.2, 0.25) is 0 Å². The number of aryl methyl sites for hydroxylation is 1. The van der Waals surface area contributed by atoms with Crippen LogP contribution in [0.1, 0.15) is 11.3 Å². The third kappa shape index (κ3) is 4.27. The Kier molecular flexibility index (Phi) is 5.24. The second-order valence-electron chi connectivity index (χ2n) is 6.87. The SMILES string of the molecule is Cc1ccsc1-c1ccc(-c2cc(C(F)(F)F)nn2-c2ccc(S(N)(=O)=O)cc2)cc1. The number of rotatable bonds is 4. The zero-order valence-corrected chi connectivity index (χ0v) is 17.7. The largest absolute Gasteiger partial charge is 0.435 e. The summed E-state index contributed by atoms with van der Waals surface area (Å²) in [5, 5.41) is 10.8. The minimum absolute atomic E-state index is 0.142. The van der Waals surface area contributed by atoms with Crippen molar-refractivity contribution >= 4 is 21.4 Å². The van der Waals surface area contributed by atoms with Crippen molar-refractivity contribution in [2.45, 2.75) is 18.0 Å². The van der Waals surface area contributed by atoms with Crippen LogP contribution in [-0.4, -0.2) is 18.2 Å². The van der Waals surface area contributed by atoms with E-state index < -0.39 is 21.9 Å². The van der Waals surface area contributed by atoms with Crippen molar-refractivity contribution in [2.75, 3.05) is 0 Å². The average molecular weight is 464 g/mol. The van der Waals surface area contributed by atoms with Crippen LogP contribution >= 0.6 is 11.3 Å². The van der Waals surface area contributed by atoms with E-state index in [1.807, 2.05) is 30.5 Å². The van der Waals surface area contributed by atoms with Crippen molar-refractivity contribution in [3.8, 4) is 27.4 Å². The van der Waals surface area contributed by atoms with Crippen molar-refractivity contribution < 1.29 is 21.6 Å². The molecule has 160 valence electrons. The molecule has 0 bridgehead atoms. The van der Waals surface area contributed by atoms with Crippen LogP contribution in [0, 0.1) is 6.92 Å². The number of hydrogen-bond donors (Lipinski definition) is 1. The van der Waals surface area contributed by atoms with Gasteiger partial charge in [0.25, 0.3) is 0 Å². The first-order chi connectivity index (χ1) is 14.5. The molecule has 0 saturated carbocycles. The van der Waals surface area contributed by atoms with Gasteiger partial charge in [0.15, 0.2) is 5.69 Å². The fourth-order valence-electron chi connectivity index (χ4n) is 3.16. The summed E-state index contributed by atoms with van der Waals surface area (Å²) < 4.78 is 64.1. The van der Waals surface area contributed by atoms with Crippen LogP contribution < -0.4 is 5.14 Å². The monoisotopic (exact) mass is 463 g/mol. The highest BCUT2D eigenvalue weighted by molar-refractivity contribution is 7.89. The van der Waals surface area contributed by atoms with E-state index >= 15 is 0 Å². The van der Waals surface area contributed by atoms with Gasteiger partial charge in [0.2, 0.25) is 10.0 Å². The summed E-state index contributed by atoms with van der Waals surface area (Å²) in [4.78, 5) is 0.950. The number of benzene rings is 2. The van der Waals surface area contributed by atoms with Gasteiger partial charge in [-0.05, 0) is 59.8 Å². The molecule has 2 aromatic heterocycles. The molecule has 2 aromatic carbocycles. The van der Waals surface area contributed by atoms with Crippen LogP contribution in [0.3, 0.4) is 0 Å². The maximum absolute atomic E-state index is 13.4. The summed E-state index contributed by atoms with van der Waals surface area (Å²) >= 11 is 1.59. The lowest BCUT2D eigenvalue weighted by atomic mass is 10.1. The van der Waals surface area contributed by atoms with Crippen LogP contribution in [0.5, 0.6) is 0 Å². The molecule has 0 amide bonds. The van der Waals surface area contributed by atoms with Crippen molar-refractivity contribution in [2.24, 2.45) is 5.14 Å². The standard InChI is InChI=1S/C21H16F3N3O2S2/c1-13-10-11-30-20(13)15-4-2-14(3-5-15)18-12-19(21(22,23)24)26-27(18)16-6-8-17(9-7-16)31(25,28)29/h2-12H,1H3,(H2,25,28,29). The third-order valence-corrected chi connectivity index (χ3v) is 6.71. The van der Waals surface area contributed by atoms with Gasteiger partial charge >= 0.3 is 6.18 Å². The quantitative estimate of drug-likeness (QED) is 0.449. The topological polar surface area (TPSA) is 78.0 Å². The van der Waals surface area contributed by atoms with E-state index in [2.05, 4.69) is 5.10 Å². The van der Waals surface area contributed by atoms with Crippen molar-refractivity contribution in [1.82, 2.24) is 9.78 Å². The zero-order valence-electron chi connectivity index (χ0n) is 16.1. The summed E-state index contributed by atoms with van der Waals surface area (Å²) in [5.74, 6) is 0. The number of alkyl halides is 3. The molecule has 0 saturated heterocycles. The molecule has 31 heavy (non-hydrogen) atoms. The summed E-state index contributed by atoms with van der Waals surface area (Å²) in [6.07, 6.45) is -4.63. The lowest BCUT2D eigenvalue weighted by molar-refractivity contribution is -0.141. The second-order valence-corrected chi connectivity index (χ2v) is 9.35.